The van der Waals surface area contributed by atoms with Gasteiger partial charge in [-0.2, -0.15) is 0 Å². The minimum absolute atomic E-state index is 0.818. The normalized spacial score (nSPS) is 17.1. The molecule has 0 bridgehead atoms. The molecule has 1 aliphatic heterocycles. The zero-order valence-electron chi connectivity index (χ0n) is 16.0. The number of benzene rings is 2. The molecule has 1 heterocycles. The minimum Gasteiger partial charge on any atom is -0.494 e. The van der Waals surface area contributed by atoms with Crippen molar-refractivity contribution in [2.24, 2.45) is 0 Å². The third-order valence-electron chi connectivity index (χ3n) is 5.75. The first-order chi connectivity index (χ1) is 13.3. The fourth-order valence-corrected chi connectivity index (χ4v) is 4.35. The molecule has 2 aromatic carbocycles. The van der Waals surface area contributed by atoms with Gasteiger partial charge < -0.3 is 9.64 Å². The van der Waals surface area contributed by atoms with Crippen LogP contribution < -0.4 is 9.64 Å². The smallest absolute Gasteiger partial charge is 0.119 e. The van der Waals surface area contributed by atoms with Gasteiger partial charge >= 0.3 is 0 Å². The largest absolute Gasteiger partial charge is 0.494 e. The summed E-state index contributed by atoms with van der Waals surface area (Å²) in [5.41, 5.74) is 4.24. The summed E-state index contributed by atoms with van der Waals surface area (Å²) in [4.78, 5) is 5.00. The van der Waals surface area contributed by atoms with Gasteiger partial charge in [-0.1, -0.05) is 23.7 Å². The quantitative estimate of drug-likeness (QED) is 0.637. The summed E-state index contributed by atoms with van der Waals surface area (Å²) in [7, 11) is 0. The highest BCUT2D eigenvalue weighted by atomic mass is 35.5. The number of halogens is 1. The zero-order chi connectivity index (χ0) is 18.5. The van der Waals surface area contributed by atoms with Crippen molar-refractivity contribution in [3.63, 3.8) is 0 Å². The fraction of sp³-hybridized carbons (Fsp3) is 0.478. The number of hydrogen-bond acceptors (Lipinski definition) is 3. The second-order valence-electron chi connectivity index (χ2n) is 7.65. The van der Waals surface area contributed by atoms with Gasteiger partial charge in [0.15, 0.2) is 0 Å². The number of ether oxygens (including phenoxy) is 1. The summed E-state index contributed by atoms with van der Waals surface area (Å²) in [5.74, 6) is 1.05. The number of unbranched alkanes of at least 4 members (excludes halogenated alkanes) is 1. The number of anilines is 1. The zero-order valence-corrected chi connectivity index (χ0v) is 16.8. The van der Waals surface area contributed by atoms with Crippen LogP contribution in [0.5, 0.6) is 5.75 Å². The number of fused-ring (bicyclic) bond motifs is 1. The molecule has 27 heavy (non-hydrogen) atoms. The summed E-state index contributed by atoms with van der Waals surface area (Å²) in [6.45, 7) is 6.38. The molecule has 1 fully saturated rings. The molecule has 1 saturated heterocycles. The maximum absolute atomic E-state index is 6.11. The molecule has 0 saturated carbocycles. The standard InChI is InChI=1S/C23H29ClN2O/c24-21-7-4-8-22(18-21)26-14-12-25(13-15-26)11-1-2-16-27-23-10-9-19-5-3-6-20(19)17-23/h4,7-10,17-18H,1-3,5-6,11-16H2. The predicted octanol–water partition coefficient (Wildman–Crippen LogP) is 4.81. The van der Waals surface area contributed by atoms with Crippen molar-refractivity contribution in [3.8, 4) is 5.75 Å². The summed E-state index contributed by atoms with van der Waals surface area (Å²) in [6, 6.07) is 14.8. The lowest BCUT2D eigenvalue weighted by Crippen LogP contribution is -2.46. The number of hydrogen-bond donors (Lipinski definition) is 0. The lowest BCUT2D eigenvalue weighted by molar-refractivity contribution is 0.238. The molecule has 0 N–H and O–H groups in total. The van der Waals surface area contributed by atoms with Crippen molar-refractivity contribution in [3.05, 3.63) is 58.6 Å². The average molecular weight is 385 g/mol. The molecule has 144 valence electrons. The van der Waals surface area contributed by atoms with E-state index in [4.69, 9.17) is 16.3 Å². The van der Waals surface area contributed by atoms with E-state index in [1.807, 2.05) is 12.1 Å². The van der Waals surface area contributed by atoms with Gasteiger partial charge in [-0.3, -0.25) is 4.90 Å². The Labute approximate surface area is 167 Å². The van der Waals surface area contributed by atoms with Gasteiger partial charge in [0.25, 0.3) is 0 Å². The molecule has 0 aromatic heterocycles. The lowest BCUT2D eigenvalue weighted by Gasteiger charge is -2.36. The number of aryl methyl sites for hydroxylation is 2. The Hall–Kier alpha value is -1.71. The van der Waals surface area contributed by atoms with E-state index in [1.165, 1.54) is 42.5 Å². The van der Waals surface area contributed by atoms with Crippen LogP contribution in [0.4, 0.5) is 5.69 Å². The maximum Gasteiger partial charge on any atom is 0.119 e. The van der Waals surface area contributed by atoms with Crippen LogP contribution in [0.2, 0.25) is 5.02 Å². The van der Waals surface area contributed by atoms with E-state index in [0.717, 1.165) is 56.5 Å². The molecule has 0 spiro atoms. The molecule has 4 heteroatoms. The third kappa shape index (κ3) is 4.97. The number of rotatable bonds is 7. The van der Waals surface area contributed by atoms with Crippen LogP contribution in [-0.4, -0.2) is 44.2 Å². The van der Waals surface area contributed by atoms with Gasteiger partial charge in [-0.15, -0.1) is 0 Å². The predicted molar refractivity (Wildman–Crippen MR) is 113 cm³/mol. The molecule has 0 unspecified atom stereocenters. The molecule has 0 atom stereocenters. The molecule has 0 radical (unpaired) electrons. The second kappa shape index (κ2) is 8.99. The van der Waals surface area contributed by atoms with Gasteiger partial charge in [0.1, 0.15) is 5.75 Å². The van der Waals surface area contributed by atoms with E-state index in [0.29, 0.717) is 0 Å². The first-order valence-corrected chi connectivity index (χ1v) is 10.6. The molecular formula is C23H29ClN2O. The molecule has 2 aromatic rings. The van der Waals surface area contributed by atoms with Gasteiger partial charge in [-0.05, 0) is 80.1 Å². The third-order valence-corrected chi connectivity index (χ3v) is 5.99. The highest BCUT2D eigenvalue weighted by Gasteiger charge is 2.17. The van der Waals surface area contributed by atoms with Crippen molar-refractivity contribution in [1.29, 1.82) is 0 Å². The van der Waals surface area contributed by atoms with Crippen molar-refractivity contribution in [1.82, 2.24) is 4.90 Å². The Kier molecular flexibility index (Phi) is 6.21. The van der Waals surface area contributed by atoms with E-state index in [1.54, 1.807) is 0 Å². The number of piperazine rings is 1. The second-order valence-corrected chi connectivity index (χ2v) is 8.08. The highest BCUT2D eigenvalue weighted by Crippen LogP contribution is 2.26. The molecule has 1 aliphatic carbocycles. The summed E-state index contributed by atoms with van der Waals surface area (Å²) < 4.78 is 5.97. The van der Waals surface area contributed by atoms with Crippen LogP contribution in [-0.2, 0) is 12.8 Å². The van der Waals surface area contributed by atoms with E-state index in [-0.39, 0.29) is 0 Å². The Balaban J connectivity index is 1.13. The summed E-state index contributed by atoms with van der Waals surface area (Å²) >= 11 is 6.11. The molecule has 0 amide bonds. The Bertz CT molecular complexity index is 756. The molecule has 3 nitrogen and oxygen atoms in total. The fourth-order valence-electron chi connectivity index (χ4n) is 4.17. The van der Waals surface area contributed by atoms with Crippen LogP contribution in [0.25, 0.3) is 0 Å². The summed E-state index contributed by atoms with van der Waals surface area (Å²) in [5, 5.41) is 0.818. The van der Waals surface area contributed by atoms with E-state index in [9.17, 15) is 0 Å². The Morgan fingerprint density at radius 3 is 2.59 bits per heavy atom. The SMILES string of the molecule is Clc1cccc(N2CCN(CCCCOc3ccc4c(c3)CCC4)CC2)c1. The van der Waals surface area contributed by atoms with Crippen LogP contribution in [0, 0.1) is 0 Å². The maximum atomic E-state index is 6.11. The Morgan fingerprint density at radius 1 is 0.889 bits per heavy atom. The molecule has 2 aliphatic rings. The number of nitrogens with zero attached hydrogens (tertiary/aromatic N) is 2. The monoisotopic (exact) mass is 384 g/mol. The minimum atomic E-state index is 0.818. The lowest BCUT2D eigenvalue weighted by atomic mass is 10.1. The van der Waals surface area contributed by atoms with E-state index >= 15 is 0 Å². The van der Waals surface area contributed by atoms with Crippen LogP contribution in [0.3, 0.4) is 0 Å². The van der Waals surface area contributed by atoms with Crippen molar-refractivity contribution < 1.29 is 4.74 Å². The van der Waals surface area contributed by atoms with Crippen molar-refractivity contribution in [2.75, 3.05) is 44.2 Å². The highest BCUT2D eigenvalue weighted by molar-refractivity contribution is 6.30. The molecule has 4 rings (SSSR count). The van der Waals surface area contributed by atoms with Gasteiger partial charge in [0.2, 0.25) is 0 Å². The first-order valence-electron chi connectivity index (χ1n) is 10.3. The van der Waals surface area contributed by atoms with E-state index in [2.05, 4.69) is 40.1 Å². The van der Waals surface area contributed by atoms with Crippen molar-refractivity contribution in [2.45, 2.75) is 32.1 Å². The van der Waals surface area contributed by atoms with Gasteiger partial charge in [-0.25, -0.2) is 0 Å². The van der Waals surface area contributed by atoms with Gasteiger partial charge in [0, 0.05) is 36.9 Å². The Morgan fingerprint density at radius 2 is 1.74 bits per heavy atom. The average Bonchev–Trinajstić information content (AvgIpc) is 3.16. The first kappa shape index (κ1) is 18.6. The van der Waals surface area contributed by atoms with E-state index < -0.39 is 0 Å². The van der Waals surface area contributed by atoms with Crippen LogP contribution in [0.15, 0.2) is 42.5 Å². The topological polar surface area (TPSA) is 15.7 Å². The van der Waals surface area contributed by atoms with Crippen LogP contribution in [0.1, 0.15) is 30.4 Å². The van der Waals surface area contributed by atoms with Gasteiger partial charge in [0.05, 0.1) is 6.61 Å². The van der Waals surface area contributed by atoms with Crippen molar-refractivity contribution >= 4 is 17.3 Å². The van der Waals surface area contributed by atoms with Crippen LogP contribution >= 0.6 is 11.6 Å². The summed E-state index contributed by atoms with van der Waals surface area (Å²) in [6.07, 6.45) is 6.06. The molecular weight excluding hydrogens is 356 g/mol.